The topological polar surface area (TPSA) is 68.4 Å². The summed E-state index contributed by atoms with van der Waals surface area (Å²) in [6.07, 6.45) is 3.82. The largest absolute Gasteiger partial charge is 0.395 e. The number of aromatic nitrogens is 1. The Bertz CT molecular complexity index is 781. The molecule has 1 fully saturated rings. The van der Waals surface area contributed by atoms with Crippen LogP contribution in [-0.2, 0) is 11.2 Å². The van der Waals surface area contributed by atoms with E-state index in [0.717, 1.165) is 36.3 Å². The summed E-state index contributed by atoms with van der Waals surface area (Å²) in [7, 11) is 0. The number of aliphatic hydroxyl groups is 1. The van der Waals surface area contributed by atoms with E-state index in [1.54, 1.807) is 0 Å². The summed E-state index contributed by atoms with van der Waals surface area (Å²) in [6.45, 7) is 8.90. The average Bonchev–Trinajstić information content (AvgIpc) is 2.96. The van der Waals surface area contributed by atoms with E-state index in [1.165, 1.54) is 29.4 Å². The van der Waals surface area contributed by atoms with Crippen molar-refractivity contribution in [1.29, 1.82) is 0 Å². The highest BCUT2D eigenvalue weighted by Crippen LogP contribution is 2.28. The molecule has 5 heteroatoms. The molecule has 142 valence electrons. The molecule has 1 aromatic carbocycles. The monoisotopic (exact) mass is 357 g/mol. The van der Waals surface area contributed by atoms with Crippen molar-refractivity contribution in [3.05, 3.63) is 34.5 Å². The number of nitrogens with one attached hydrogen (secondary N) is 2. The Morgan fingerprint density at radius 3 is 2.81 bits per heavy atom. The first-order valence-corrected chi connectivity index (χ1v) is 9.70. The first kappa shape index (κ1) is 18.9. The number of H-pyrrole nitrogens is 1. The lowest BCUT2D eigenvalue weighted by Gasteiger charge is -2.34. The zero-order valence-corrected chi connectivity index (χ0v) is 16.2. The van der Waals surface area contributed by atoms with Crippen LogP contribution in [0.1, 0.15) is 41.6 Å². The standard InChI is InChI=1S/C21H31N3O2/c1-14-7-8-15(2)21-20(14)18(16(3)23-21)12-19(26)22-9-11-24-10-5-4-6-17(24)13-25/h7-8,17,23,25H,4-6,9-13H2,1-3H3,(H,22,26)/t17-/m1/s1. The highest BCUT2D eigenvalue weighted by Gasteiger charge is 2.21. The van der Waals surface area contributed by atoms with Crippen LogP contribution in [0.15, 0.2) is 12.1 Å². The molecule has 1 amide bonds. The Labute approximate surface area is 155 Å². The van der Waals surface area contributed by atoms with Gasteiger partial charge in [-0.3, -0.25) is 9.69 Å². The van der Waals surface area contributed by atoms with Gasteiger partial charge in [0.2, 0.25) is 5.91 Å². The van der Waals surface area contributed by atoms with Crippen molar-refractivity contribution >= 4 is 16.8 Å². The van der Waals surface area contributed by atoms with Crippen LogP contribution in [0.25, 0.3) is 10.9 Å². The summed E-state index contributed by atoms with van der Waals surface area (Å²) < 4.78 is 0. The predicted octanol–water partition coefficient (Wildman–Crippen LogP) is 2.60. The summed E-state index contributed by atoms with van der Waals surface area (Å²) in [5.74, 6) is 0.0625. The van der Waals surface area contributed by atoms with Crippen molar-refractivity contribution in [3.8, 4) is 0 Å². The Hall–Kier alpha value is -1.85. The molecule has 0 unspecified atom stereocenters. The number of amides is 1. The Morgan fingerprint density at radius 2 is 2.04 bits per heavy atom. The fraction of sp³-hybridized carbons (Fsp3) is 0.571. The first-order valence-electron chi connectivity index (χ1n) is 9.70. The molecule has 0 bridgehead atoms. The van der Waals surface area contributed by atoms with E-state index in [2.05, 4.69) is 41.2 Å². The summed E-state index contributed by atoms with van der Waals surface area (Å²) >= 11 is 0. The molecular formula is C21H31N3O2. The van der Waals surface area contributed by atoms with Crippen molar-refractivity contribution < 1.29 is 9.90 Å². The summed E-state index contributed by atoms with van der Waals surface area (Å²) in [4.78, 5) is 18.2. The quantitative estimate of drug-likeness (QED) is 0.744. The lowest BCUT2D eigenvalue weighted by molar-refractivity contribution is -0.120. The van der Waals surface area contributed by atoms with Crippen LogP contribution in [-0.4, -0.2) is 53.2 Å². The molecule has 5 nitrogen and oxygen atoms in total. The number of aryl methyl sites for hydroxylation is 3. The summed E-state index contributed by atoms with van der Waals surface area (Å²) in [6, 6.07) is 4.49. The van der Waals surface area contributed by atoms with Gasteiger partial charge in [0.25, 0.3) is 0 Å². The lowest BCUT2D eigenvalue weighted by atomic mass is 10.0. The van der Waals surface area contributed by atoms with E-state index < -0.39 is 0 Å². The number of piperidine rings is 1. The lowest BCUT2D eigenvalue weighted by Crippen LogP contribution is -2.45. The van der Waals surface area contributed by atoms with E-state index in [-0.39, 0.29) is 18.6 Å². The minimum Gasteiger partial charge on any atom is -0.395 e. The van der Waals surface area contributed by atoms with Crippen molar-refractivity contribution in [1.82, 2.24) is 15.2 Å². The number of likely N-dealkylation sites (tertiary alicyclic amines) is 1. The third-order valence-corrected chi connectivity index (χ3v) is 5.71. The maximum absolute atomic E-state index is 12.5. The van der Waals surface area contributed by atoms with Crippen LogP contribution < -0.4 is 5.32 Å². The van der Waals surface area contributed by atoms with E-state index in [0.29, 0.717) is 13.0 Å². The van der Waals surface area contributed by atoms with Crippen LogP contribution in [0.4, 0.5) is 0 Å². The second-order valence-corrected chi connectivity index (χ2v) is 7.57. The molecule has 3 N–H and O–H groups in total. The molecule has 1 aliphatic heterocycles. The smallest absolute Gasteiger partial charge is 0.224 e. The van der Waals surface area contributed by atoms with Crippen molar-refractivity contribution in [2.75, 3.05) is 26.2 Å². The molecule has 0 spiro atoms. The molecule has 0 aliphatic carbocycles. The van der Waals surface area contributed by atoms with Crippen LogP contribution in [0.3, 0.4) is 0 Å². The number of fused-ring (bicyclic) bond motifs is 1. The van der Waals surface area contributed by atoms with Gasteiger partial charge in [-0.15, -0.1) is 0 Å². The average molecular weight is 357 g/mol. The van der Waals surface area contributed by atoms with Gasteiger partial charge < -0.3 is 15.4 Å². The van der Waals surface area contributed by atoms with Gasteiger partial charge in [0.1, 0.15) is 0 Å². The normalized spacial score (nSPS) is 18.4. The maximum Gasteiger partial charge on any atom is 0.224 e. The fourth-order valence-corrected chi connectivity index (χ4v) is 4.16. The van der Waals surface area contributed by atoms with Gasteiger partial charge in [0.05, 0.1) is 13.0 Å². The SMILES string of the molecule is Cc1[nH]c2c(C)ccc(C)c2c1CC(=O)NCCN1CCCC[C@@H]1CO. The number of aliphatic hydroxyl groups excluding tert-OH is 1. The minimum atomic E-state index is 0.0625. The van der Waals surface area contributed by atoms with Crippen LogP contribution in [0, 0.1) is 20.8 Å². The third-order valence-electron chi connectivity index (χ3n) is 5.71. The number of benzene rings is 1. The number of nitrogens with zero attached hydrogens (tertiary/aromatic N) is 1. The summed E-state index contributed by atoms with van der Waals surface area (Å²) in [5.41, 5.74) is 5.73. The highest BCUT2D eigenvalue weighted by molar-refractivity contribution is 5.93. The molecule has 1 saturated heterocycles. The Morgan fingerprint density at radius 1 is 1.27 bits per heavy atom. The molecule has 26 heavy (non-hydrogen) atoms. The molecule has 2 aromatic rings. The number of aromatic amines is 1. The number of carbonyl (C=O) groups excluding carboxylic acids is 1. The molecule has 1 aromatic heterocycles. The van der Waals surface area contributed by atoms with Crippen LogP contribution in [0.2, 0.25) is 0 Å². The van der Waals surface area contributed by atoms with Gasteiger partial charge in [0.15, 0.2) is 0 Å². The number of rotatable bonds is 6. The zero-order chi connectivity index (χ0) is 18.7. The van der Waals surface area contributed by atoms with E-state index >= 15 is 0 Å². The molecule has 1 aliphatic rings. The van der Waals surface area contributed by atoms with E-state index in [9.17, 15) is 9.90 Å². The Kier molecular flexibility index (Phi) is 5.99. The van der Waals surface area contributed by atoms with Crippen LogP contribution >= 0.6 is 0 Å². The van der Waals surface area contributed by atoms with E-state index in [4.69, 9.17) is 0 Å². The molecule has 0 radical (unpaired) electrons. The third kappa shape index (κ3) is 3.94. The van der Waals surface area contributed by atoms with Crippen molar-refractivity contribution in [2.24, 2.45) is 0 Å². The van der Waals surface area contributed by atoms with Gasteiger partial charge in [-0.1, -0.05) is 18.6 Å². The number of hydrogen-bond donors (Lipinski definition) is 3. The molecular weight excluding hydrogens is 326 g/mol. The second kappa shape index (κ2) is 8.23. The number of hydrogen-bond acceptors (Lipinski definition) is 3. The van der Waals surface area contributed by atoms with Crippen LogP contribution in [0.5, 0.6) is 0 Å². The van der Waals surface area contributed by atoms with Gasteiger partial charge in [0, 0.05) is 35.7 Å². The zero-order valence-electron chi connectivity index (χ0n) is 16.2. The second-order valence-electron chi connectivity index (χ2n) is 7.57. The number of carbonyl (C=O) groups is 1. The molecule has 1 atom stereocenters. The van der Waals surface area contributed by atoms with Crippen molar-refractivity contribution in [3.63, 3.8) is 0 Å². The molecule has 0 saturated carbocycles. The minimum absolute atomic E-state index is 0.0625. The van der Waals surface area contributed by atoms with Gasteiger partial charge in [-0.05, 0) is 56.8 Å². The molecule has 3 rings (SSSR count). The fourth-order valence-electron chi connectivity index (χ4n) is 4.16. The Balaban J connectivity index is 1.61. The highest BCUT2D eigenvalue weighted by atomic mass is 16.3. The maximum atomic E-state index is 12.5. The van der Waals surface area contributed by atoms with Crippen molar-refractivity contribution in [2.45, 2.75) is 52.5 Å². The van der Waals surface area contributed by atoms with E-state index in [1.807, 2.05) is 6.92 Å². The van der Waals surface area contributed by atoms with Gasteiger partial charge in [-0.2, -0.15) is 0 Å². The summed E-state index contributed by atoms with van der Waals surface area (Å²) in [5, 5.41) is 13.7. The van der Waals surface area contributed by atoms with Gasteiger partial charge in [-0.25, -0.2) is 0 Å². The predicted molar refractivity (Wildman–Crippen MR) is 106 cm³/mol. The molecule has 2 heterocycles. The first-order chi connectivity index (χ1) is 12.5. The van der Waals surface area contributed by atoms with Gasteiger partial charge >= 0.3 is 0 Å².